The number of aromatic nitrogens is 3. The number of aromatic amines is 1. The molecule has 1 N–H and O–H groups in total. The monoisotopic (exact) mass is 284 g/mol. The molecule has 0 radical (unpaired) electrons. The standard InChI is InChI=1S/C11H13FN4O2S/c1-16(6-11-13-8-14-15-11)19(17,18)7-9-2-4-10(12)5-3-9/h2-5,8H,6-7H2,1H3,(H,13,14,15). The molecule has 0 atom stereocenters. The zero-order valence-corrected chi connectivity index (χ0v) is 11.1. The van der Waals surface area contributed by atoms with E-state index >= 15 is 0 Å². The second-order valence-corrected chi connectivity index (χ2v) is 6.15. The first kappa shape index (κ1) is 13.6. The molecule has 0 saturated heterocycles. The van der Waals surface area contributed by atoms with Gasteiger partial charge in [-0.3, -0.25) is 5.10 Å². The highest BCUT2D eigenvalue weighted by atomic mass is 32.2. The van der Waals surface area contributed by atoms with Crippen LogP contribution in [0.2, 0.25) is 0 Å². The van der Waals surface area contributed by atoms with Crippen molar-refractivity contribution in [1.29, 1.82) is 0 Å². The molecule has 0 amide bonds. The van der Waals surface area contributed by atoms with E-state index in [-0.39, 0.29) is 12.3 Å². The number of halogens is 1. The lowest BCUT2D eigenvalue weighted by Gasteiger charge is -2.15. The third kappa shape index (κ3) is 3.58. The summed E-state index contributed by atoms with van der Waals surface area (Å²) in [4.78, 5) is 3.87. The lowest BCUT2D eigenvalue weighted by atomic mass is 10.2. The predicted molar refractivity (Wildman–Crippen MR) is 66.9 cm³/mol. The molecule has 1 heterocycles. The maximum absolute atomic E-state index is 12.8. The van der Waals surface area contributed by atoms with Gasteiger partial charge in [0.05, 0.1) is 12.3 Å². The second kappa shape index (κ2) is 5.45. The first-order valence-electron chi connectivity index (χ1n) is 5.50. The average molecular weight is 284 g/mol. The Kier molecular flexibility index (Phi) is 3.91. The van der Waals surface area contributed by atoms with E-state index in [4.69, 9.17) is 0 Å². The normalized spacial score (nSPS) is 11.9. The van der Waals surface area contributed by atoms with Gasteiger partial charge in [-0.05, 0) is 17.7 Å². The molecule has 2 aromatic rings. The van der Waals surface area contributed by atoms with E-state index in [2.05, 4.69) is 15.2 Å². The highest BCUT2D eigenvalue weighted by Gasteiger charge is 2.19. The molecule has 0 spiro atoms. The van der Waals surface area contributed by atoms with Crippen LogP contribution in [0.5, 0.6) is 0 Å². The number of H-pyrrole nitrogens is 1. The van der Waals surface area contributed by atoms with Gasteiger partial charge in [-0.2, -0.15) is 9.40 Å². The summed E-state index contributed by atoms with van der Waals surface area (Å²) in [5.74, 6) is -0.112. The fraction of sp³-hybridized carbons (Fsp3) is 0.273. The number of rotatable bonds is 5. The highest BCUT2D eigenvalue weighted by Crippen LogP contribution is 2.11. The Balaban J connectivity index is 2.07. The minimum Gasteiger partial charge on any atom is -0.262 e. The molecule has 102 valence electrons. The molecule has 0 aliphatic rings. The Morgan fingerprint density at radius 1 is 1.32 bits per heavy atom. The number of nitrogens with one attached hydrogen (secondary N) is 1. The molecule has 1 aromatic carbocycles. The van der Waals surface area contributed by atoms with Gasteiger partial charge in [0, 0.05) is 7.05 Å². The van der Waals surface area contributed by atoms with Gasteiger partial charge in [-0.15, -0.1) is 0 Å². The van der Waals surface area contributed by atoms with Crippen molar-refractivity contribution in [2.24, 2.45) is 0 Å². The van der Waals surface area contributed by atoms with Gasteiger partial charge < -0.3 is 0 Å². The predicted octanol–water partition coefficient (Wildman–Crippen LogP) is 0.906. The third-order valence-corrected chi connectivity index (χ3v) is 4.35. The van der Waals surface area contributed by atoms with Crippen molar-refractivity contribution in [2.45, 2.75) is 12.3 Å². The molecular formula is C11H13FN4O2S. The quantitative estimate of drug-likeness (QED) is 0.885. The van der Waals surface area contributed by atoms with Crippen LogP contribution in [-0.2, 0) is 22.3 Å². The van der Waals surface area contributed by atoms with Crippen LogP contribution in [0.15, 0.2) is 30.6 Å². The second-order valence-electron chi connectivity index (χ2n) is 4.07. The Labute approximate surface area is 110 Å². The summed E-state index contributed by atoms with van der Waals surface area (Å²) in [5.41, 5.74) is 0.533. The van der Waals surface area contributed by atoms with Gasteiger partial charge in [-0.1, -0.05) is 12.1 Å². The fourth-order valence-electron chi connectivity index (χ4n) is 1.52. The molecule has 0 unspecified atom stereocenters. The SMILES string of the molecule is CN(Cc1ncn[nH]1)S(=O)(=O)Cc1ccc(F)cc1. The highest BCUT2D eigenvalue weighted by molar-refractivity contribution is 7.88. The van der Waals surface area contributed by atoms with Crippen LogP contribution in [0.3, 0.4) is 0 Å². The molecule has 0 saturated carbocycles. The molecule has 6 nitrogen and oxygen atoms in total. The number of hydrogen-bond acceptors (Lipinski definition) is 4. The Bertz CT molecular complexity index is 625. The van der Waals surface area contributed by atoms with Gasteiger partial charge in [0.2, 0.25) is 10.0 Å². The number of benzene rings is 1. The zero-order chi connectivity index (χ0) is 13.9. The van der Waals surface area contributed by atoms with Crippen molar-refractivity contribution in [3.63, 3.8) is 0 Å². The fourth-order valence-corrected chi connectivity index (χ4v) is 2.67. The maximum Gasteiger partial charge on any atom is 0.218 e. The largest absolute Gasteiger partial charge is 0.262 e. The first-order chi connectivity index (χ1) is 8.97. The Hall–Kier alpha value is -1.80. The van der Waals surface area contributed by atoms with Crippen LogP contribution in [-0.4, -0.2) is 35.0 Å². The lowest BCUT2D eigenvalue weighted by Crippen LogP contribution is -2.28. The summed E-state index contributed by atoms with van der Waals surface area (Å²) in [6.45, 7) is 0.115. The lowest BCUT2D eigenvalue weighted by molar-refractivity contribution is 0.456. The third-order valence-electron chi connectivity index (χ3n) is 2.57. The Morgan fingerprint density at radius 3 is 2.58 bits per heavy atom. The van der Waals surface area contributed by atoms with Crippen molar-refractivity contribution in [2.75, 3.05) is 7.05 Å². The summed E-state index contributed by atoms with van der Waals surface area (Å²) < 4.78 is 38.1. The summed E-state index contributed by atoms with van der Waals surface area (Å²) >= 11 is 0. The van der Waals surface area contributed by atoms with Crippen molar-refractivity contribution in [1.82, 2.24) is 19.5 Å². The van der Waals surface area contributed by atoms with Crippen LogP contribution in [0.25, 0.3) is 0 Å². The van der Waals surface area contributed by atoms with Crippen LogP contribution in [0.4, 0.5) is 4.39 Å². The topological polar surface area (TPSA) is 79.0 Å². The first-order valence-corrected chi connectivity index (χ1v) is 7.11. The van der Waals surface area contributed by atoms with Gasteiger partial charge in [0.15, 0.2) is 0 Å². The average Bonchev–Trinajstić information content (AvgIpc) is 2.84. The van der Waals surface area contributed by atoms with Gasteiger partial charge in [0.25, 0.3) is 0 Å². The van der Waals surface area contributed by atoms with E-state index in [1.807, 2.05) is 0 Å². The van der Waals surface area contributed by atoms with E-state index < -0.39 is 15.8 Å². The number of hydrogen-bond donors (Lipinski definition) is 1. The molecule has 8 heteroatoms. The van der Waals surface area contributed by atoms with Crippen molar-refractivity contribution < 1.29 is 12.8 Å². The van der Waals surface area contributed by atoms with Crippen molar-refractivity contribution in [3.8, 4) is 0 Å². The smallest absolute Gasteiger partial charge is 0.218 e. The molecule has 19 heavy (non-hydrogen) atoms. The minimum atomic E-state index is -3.48. The molecule has 1 aromatic heterocycles. The van der Waals surface area contributed by atoms with Gasteiger partial charge in [0.1, 0.15) is 18.0 Å². The molecular weight excluding hydrogens is 271 g/mol. The number of sulfonamides is 1. The van der Waals surface area contributed by atoms with Gasteiger partial charge >= 0.3 is 0 Å². The summed E-state index contributed by atoms with van der Waals surface area (Å²) in [6, 6.07) is 5.38. The number of nitrogens with zero attached hydrogens (tertiary/aromatic N) is 3. The van der Waals surface area contributed by atoms with E-state index in [1.54, 1.807) is 0 Å². The maximum atomic E-state index is 12.8. The van der Waals surface area contributed by atoms with E-state index in [0.717, 1.165) is 0 Å². The minimum absolute atomic E-state index is 0.115. The van der Waals surface area contributed by atoms with Gasteiger partial charge in [-0.25, -0.2) is 17.8 Å². The Morgan fingerprint density at radius 2 is 2.00 bits per heavy atom. The van der Waals surface area contributed by atoms with E-state index in [0.29, 0.717) is 11.4 Å². The summed E-state index contributed by atoms with van der Waals surface area (Å²) in [7, 11) is -2.02. The van der Waals surface area contributed by atoms with Crippen molar-refractivity contribution in [3.05, 3.63) is 47.8 Å². The molecule has 2 rings (SSSR count). The van der Waals surface area contributed by atoms with Crippen LogP contribution in [0, 0.1) is 5.82 Å². The van der Waals surface area contributed by atoms with E-state index in [1.165, 1.54) is 41.9 Å². The van der Waals surface area contributed by atoms with E-state index in [9.17, 15) is 12.8 Å². The van der Waals surface area contributed by atoms with Crippen molar-refractivity contribution >= 4 is 10.0 Å². The summed E-state index contributed by atoms with van der Waals surface area (Å²) in [6.07, 6.45) is 1.32. The van der Waals surface area contributed by atoms with Crippen LogP contribution < -0.4 is 0 Å². The summed E-state index contributed by atoms with van der Waals surface area (Å²) in [5, 5.41) is 6.25. The molecule has 0 bridgehead atoms. The molecule has 0 aliphatic heterocycles. The zero-order valence-electron chi connectivity index (χ0n) is 10.2. The van der Waals surface area contributed by atoms with Crippen LogP contribution >= 0.6 is 0 Å². The molecule has 0 aliphatic carbocycles. The molecule has 0 fully saturated rings. The van der Waals surface area contributed by atoms with Crippen LogP contribution in [0.1, 0.15) is 11.4 Å².